The molecule has 2 N–H and O–H groups in total. The molecule has 12 heteroatoms. The molecule has 422 valence electrons. The number of phosphoric acid groups is 1. The maximum atomic E-state index is 12.9. The molecule has 0 aromatic heterocycles. The van der Waals surface area contributed by atoms with Crippen LogP contribution in [0, 0.1) is 0 Å². The summed E-state index contributed by atoms with van der Waals surface area (Å²) in [5, 5.41) is 9.81. The number of esters is 3. The summed E-state index contributed by atoms with van der Waals surface area (Å²) in [5.74, 6) is -1.57. The van der Waals surface area contributed by atoms with Gasteiger partial charge in [0.1, 0.15) is 12.7 Å². The summed E-state index contributed by atoms with van der Waals surface area (Å²) in [7, 11) is -4.77. The molecule has 3 unspecified atom stereocenters. The van der Waals surface area contributed by atoms with Crippen molar-refractivity contribution < 1.29 is 52.2 Å². The summed E-state index contributed by atoms with van der Waals surface area (Å²) >= 11 is 0. The average molecular weight is 1060 g/mol. The van der Waals surface area contributed by atoms with Crippen molar-refractivity contribution in [3.63, 3.8) is 0 Å². The molecule has 0 radical (unpaired) electrons. The van der Waals surface area contributed by atoms with Crippen molar-refractivity contribution in [2.75, 3.05) is 26.4 Å². The number of hydrogen-bond donors (Lipinski definition) is 2. The van der Waals surface area contributed by atoms with Gasteiger partial charge >= 0.3 is 25.7 Å². The summed E-state index contributed by atoms with van der Waals surface area (Å²) in [6.45, 7) is 4.31. The molecule has 0 aliphatic heterocycles. The Kier molecular flexibility index (Phi) is 52.5. The maximum absolute atomic E-state index is 12.9. The van der Waals surface area contributed by atoms with E-state index in [1.54, 1.807) is 0 Å². The minimum atomic E-state index is -4.77. The Hall–Kier alpha value is -3.86. The van der Waals surface area contributed by atoms with E-state index in [0.29, 0.717) is 25.7 Å². The minimum Gasteiger partial charge on any atom is -0.462 e. The zero-order chi connectivity index (χ0) is 54.1. The van der Waals surface area contributed by atoms with Gasteiger partial charge in [0.05, 0.1) is 19.8 Å². The third-order valence-corrected chi connectivity index (χ3v) is 12.6. The van der Waals surface area contributed by atoms with E-state index in [4.69, 9.17) is 23.3 Å². The zero-order valence-corrected chi connectivity index (χ0v) is 47.4. The van der Waals surface area contributed by atoms with Crippen molar-refractivity contribution in [3.8, 4) is 0 Å². The number of allylic oxidation sites excluding steroid dienone is 18. The fourth-order valence-corrected chi connectivity index (χ4v) is 8.12. The van der Waals surface area contributed by atoms with Crippen LogP contribution in [-0.4, -0.2) is 66.5 Å². The molecule has 0 aromatic carbocycles. The van der Waals surface area contributed by atoms with Crippen molar-refractivity contribution in [2.45, 2.75) is 238 Å². The van der Waals surface area contributed by atoms with Crippen LogP contribution >= 0.6 is 7.82 Å². The molecule has 0 saturated heterocycles. The van der Waals surface area contributed by atoms with Gasteiger partial charge in [0.2, 0.25) is 0 Å². The Morgan fingerprint density at radius 1 is 0.392 bits per heavy atom. The van der Waals surface area contributed by atoms with Crippen molar-refractivity contribution in [2.24, 2.45) is 0 Å². The van der Waals surface area contributed by atoms with Crippen molar-refractivity contribution in [1.29, 1.82) is 0 Å². The number of carbonyl (C=O) groups excluding carboxylic acids is 3. The highest BCUT2D eigenvalue weighted by Gasteiger charge is 2.28. The largest absolute Gasteiger partial charge is 0.472 e. The molecule has 74 heavy (non-hydrogen) atoms. The predicted octanol–water partition coefficient (Wildman–Crippen LogP) is 17.0. The molecule has 0 bridgehead atoms. The lowest BCUT2D eigenvalue weighted by Gasteiger charge is -2.21. The van der Waals surface area contributed by atoms with Gasteiger partial charge in [-0.05, 0) is 116 Å². The number of carbonyl (C=O) groups is 3. The van der Waals surface area contributed by atoms with Gasteiger partial charge in [-0.1, -0.05) is 201 Å². The summed E-state index contributed by atoms with van der Waals surface area (Å²) in [4.78, 5) is 48.5. The van der Waals surface area contributed by atoms with E-state index in [-0.39, 0.29) is 25.9 Å². The molecule has 0 rings (SSSR count). The lowest BCUT2D eigenvalue weighted by atomic mass is 10.1. The first-order chi connectivity index (χ1) is 36.2. The second-order valence-electron chi connectivity index (χ2n) is 18.7. The summed E-state index contributed by atoms with van der Waals surface area (Å²) in [6.07, 6.45) is 66.2. The van der Waals surface area contributed by atoms with Crippen LogP contribution in [0.3, 0.4) is 0 Å². The highest BCUT2D eigenvalue weighted by molar-refractivity contribution is 7.47. The van der Waals surface area contributed by atoms with Crippen LogP contribution in [0.2, 0.25) is 0 Å². The number of hydrogen-bond acceptors (Lipinski definition) is 10. The SMILES string of the molecule is CC/C=C\C/C=C\C/C=C\C/C=C\C/C=C\CCCC(=O)OCC(COP(=O)(O)OCC(CO)OC(=O)CCCCCCC/C=C\CCCCCCCC)OC(=O)CCCCCCC/C=C\C/C=C\C/C=C\CC. The molecule has 11 nitrogen and oxygen atoms in total. The summed E-state index contributed by atoms with van der Waals surface area (Å²) in [5.41, 5.74) is 0. The van der Waals surface area contributed by atoms with E-state index in [2.05, 4.69) is 124 Å². The second kappa shape index (κ2) is 55.4. The van der Waals surface area contributed by atoms with E-state index in [9.17, 15) is 28.9 Å². The molecular weight excluding hydrogens is 952 g/mol. The van der Waals surface area contributed by atoms with Crippen molar-refractivity contribution in [3.05, 3.63) is 109 Å². The Morgan fingerprint density at radius 3 is 1.14 bits per heavy atom. The third kappa shape index (κ3) is 53.0. The zero-order valence-electron chi connectivity index (χ0n) is 46.5. The van der Waals surface area contributed by atoms with E-state index >= 15 is 0 Å². The first-order valence-electron chi connectivity index (χ1n) is 28.8. The number of aliphatic hydroxyl groups is 1. The molecule has 0 heterocycles. The fourth-order valence-electron chi connectivity index (χ4n) is 7.34. The highest BCUT2D eigenvalue weighted by Crippen LogP contribution is 2.43. The Bertz CT molecular complexity index is 1660. The second-order valence-corrected chi connectivity index (χ2v) is 20.1. The van der Waals surface area contributed by atoms with Crippen LogP contribution in [0.15, 0.2) is 109 Å². The van der Waals surface area contributed by atoms with Crippen molar-refractivity contribution >= 4 is 25.7 Å². The highest BCUT2D eigenvalue weighted by atomic mass is 31.2. The van der Waals surface area contributed by atoms with E-state index in [1.807, 2.05) is 6.08 Å². The van der Waals surface area contributed by atoms with Gasteiger partial charge in [0.15, 0.2) is 6.10 Å². The van der Waals surface area contributed by atoms with Gasteiger partial charge in [-0.25, -0.2) is 4.57 Å². The molecule has 0 aromatic rings. The van der Waals surface area contributed by atoms with Gasteiger partial charge in [0.25, 0.3) is 0 Å². The molecule has 0 aliphatic carbocycles. The van der Waals surface area contributed by atoms with Gasteiger partial charge < -0.3 is 24.2 Å². The number of phosphoric ester groups is 1. The van der Waals surface area contributed by atoms with E-state index < -0.39 is 57.8 Å². The molecule has 3 atom stereocenters. The van der Waals surface area contributed by atoms with Crippen LogP contribution in [0.4, 0.5) is 0 Å². The van der Waals surface area contributed by atoms with Crippen LogP contribution < -0.4 is 0 Å². The Balaban J connectivity index is 4.84. The summed E-state index contributed by atoms with van der Waals surface area (Å²) in [6, 6.07) is 0. The Morgan fingerprint density at radius 2 is 0.716 bits per heavy atom. The molecule has 0 aliphatic rings. The van der Waals surface area contributed by atoms with Crippen molar-refractivity contribution in [1.82, 2.24) is 0 Å². The topological polar surface area (TPSA) is 155 Å². The van der Waals surface area contributed by atoms with Gasteiger partial charge in [0, 0.05) is 19.3 Å². The summed E-state index contributed by atoms with van der Waals surface area (Å²) < 4.78 is 39.4. The Labute approximate surface area is 450 Å². The number of aliphatic hydroxyl groups excluding tert-OH is 1. The lowest BCUT2D eigenvalue weighted by Crippen LogP contribution is -2.30. The fraction of sp³-hybridized carbons (Fsp3) is 0.661. The van der Waals surface area contributed by atoms with Gasteiger partial charge in [-0.15, -0.1) is 0 Å². The van der Waals surface area contributed by atoms with Gasteiger partial charge in [-0.2, -0.15) is 0 Å². The molecular formula is C62H103O11P. The van der Waals surface area contributed by atoms with E-state index in [1.165, 1.54) is 38.5 Å². The monoisotopic (exact) mass is 1050 g/mol. The quantitative estimate of drug-likeness (QED) is 0.0197. The average Bonchev–Trinajstić information content (AvgIpc) is 3.39. The lowest BCUT2D eigenvalue weighted by molar-refractivity contribution is -0.161. The number of unbranched alkanes of at least 4 members (excludes halogenated alkanes) is 17. The molecule has 0 fully saturated rings. The first kappa shape index (κ1) is 70.1. The standard InChI is InChI=1S/C62H103O11P/c1-4-7-10-13-16-19-22-25-28-29-32-33-36-39-42-45-48-51-60(64)69-55-59(73-62(66)53-50-47-44-41-38-35-31-27-24-21-18-15-12-9-6-3)57-71-74(67,68)70-56-58(54-63)72-61(65)52-49-46-43-40-37-34-30-26-23-20-17-14-11-8-5-2/h7,9-10,12,16,18-19,21,25-28,30-33,39,42,58-59,63H,4-6,8,11,13-15,17,20,22-24,29,34-38,40-41,43-57H2,1-3H3,(H,67,68)/b10-7-,12-9-,19-16-,21-18-,28-25-,30-26-,31-27-,33-32-,42-39-. The van der Waals surface area contributed by atoms with Crippen LogP contribution in [0.25, 0.3) is 0 Å². The number of ether oxygens (including phenoxy) is 3. The molecule has 0 spiro atoms. The normalized spacial score (nSPS) is 14.2. The van der Waals surface area contributed by atoms with E-state index in [0.717, 1.165) is 122 Å². The van der Waals surface area contributed by atoms with Crippen LogP contribution in [0.5, 0.6) is 0 Å². The van der Waals surface area contributed by atoms with Gasteiger partial charge in [-0.3, -0.25) is 23.4 Å². The predicted molar refractivity (Wildman–Crippen MR) is 307 cm³/mol. The molecule has 0 saturated carbocycles. The van der Waals surface area contributed by atoms with Crippen LogP contribution in [0.1, 0.15) is 226 Å². The third-order valence-electron chi connectivity index (χ3n) is 11.7. The number of rotatable bonds is 52. The maximum Gasteiger partial charge on any atom is 0.472 e. The smallest absolute Gasteiger partial charge is 0.462 e. The first-order valence-corrected chi connectivity index (χ1v) is 30.3. The van der Waals surface area contributed by atoms with Crippen LogP contribution in [-0.2, 0) is 42.2 Å². The molecule has 0 amide bonds. The minimum absolute atomic E-state index is 0.130.